The first-order valence-electron chi connectivity index (χ1n) is 7.49. The third-order valence-corrected chi connectivity index (χ3v) is 3.96. The van der Waals surface area contributed by atoms with Crippen molar-refractivity contribution in [2.24, 2.45) is 7.05 Å². The molecule has 4 aromatic rings. The zero-order chi connectivity index (χ0) is 18.5. The summed E-state index contributed by atoms with van der Waals surface area (Å²) in [6.07, 6.45) is -2.97. The van der Waals surface area contributed by atoms with Gasteiger partial charge in [0.25, 0.3) is 0 Å². The lowest BCUT2D eigenvalue weighted by atomic mass is 10.2. The molecule has 6 nitrogen and oxygen atoms in total. The number of hydrogen-bond acceptors (Lipinski definition) is 4. The molecule has 9 heteroatoms. The van der Waals surface area contributed by atoms with E-state index < -0.39 is 12.0 Å². The van der Waals surface area contributed by atoms with E-state index >= 15 is 0 Å². The average Bonchev–Trinajstić information content (AvgIpc) is 3.15. The molecule has 3 N–H and O–H groups in total. The molecule has 0 atom stereocenters. The molecule has 0 fully saturated rings. The molecule has 3 aromatic heterocycles. The Hall–Kier alpha value is -3.54. The highest BCUT2D eigenvalue weighted by atomic mass is 19.4. The SMILES string of the molecule is Cn1c(C(F)(F)F)nc2cc(C#Cc3[nH]nc4ccnc(N)c34)ccc21. The third kappa shape index (κ3) is 2.52. The van der Waals surface area contributed by atoms with E-state index in [-0.39, 0.29) is 5.52 Å². The Morgan fingerprint density at radius 1 is 1.15 bits per heavy atom. The van der Waals surface area contributed by atoms with Crippen molar-refractivity contribution < 1.29 is 13.2 Å². The highest BCUT2D eigenvalue weighted by molar-refractivity contribution is 5.92. The normalized spacial score (nSPS) is 11.7. The number of nitrogens with two attached hydrogens (primary N) is 1. The van der Waals surface area contributed by atoms with Crippen molar-refractivity contribution in [2.75, 3.05) is 5.73 Å². The van der Waals surface area contributed by atoms with Gasteiger partial charge in [0, 0.05) is 18.8 Å². The number of rotatable bonds is 0. The van der Waals surface area contributed by atoms with E-state index in [4.69, 9.17) is 5.73 Å². The fourth-order valence-corrected chi connectivity index (χ4v) is 2.74. The first-order chi connectivity index (χ1) is 12.3. The summed E-state index contributed by atoms with van der Waals surface area (Å²) >= 11 is 0. The summed E-state index contributed by atoms with van der Waals surface area (Å²) in [5.74, 6) is 5.14. The van der Waals surface area contributed by atoms with Gasteiger partial charge in [0.15, 0.2) is 0 Å². The van der Waals surface area contributed by atoms with Crippen molar-refractivity contribution in [3.05, 3.63) is 47.5 Å². The van der Waals surface area contributed by atoms with Crippen molar-refractivity contribution >= 4 is 27.8 Å². The first kappa shape index (κ1) is 16.0. The number of nitrogen functional groups attached to an aromatic ring is 1. The number of halogens is 3. The van der Waals surface area contributed by atoms with Crippen LogP contribution < -0.4 is 5.73 Å². The second-order valence-corrected chi connectivity index (χ2v) is 5.63. The van der Waals surface area contributed by atoms with Gasteiger partial charge in [-0.2, -0.15) is 18.3 Å². The van der Waals surface area contributed by atoms with Crippen molar-refractivity contribution in [3.8, 4) is 11.8 Å². The molecule has 3 heterocycles. The van der Waals surface area contributed by atoms with Gasteiger partial charge in [-0.05, 0) is 30.2 Å². The van der Waals surface area contributed by atoms with Gasteiger partial charge in [0.05, 0.1) is 21.9 Å². The largest absolute Gasteiger partial charge is 0.449 e. The maximum Gasteiger partial charge on any atom is 0.449 e. The smallest absolute Gasteiger partial charge is 0.383 e. The standard InChI is InChI=1S/C17H11F3N6/c1-26-13-5-3-9(8-12(13)23-16(26)17(18,19)20)2-4-10-14-11(25-24-10)6-7-22-15(14)21/h3,5-8H,1H3,(H2,21,22)(H,24,25). The number of hydrogen-bond donors (Lipinski definition) is 2. The molecule has 0 aliphatic heterocycles. The molecule has 0 bridgehead atoms. The Kier molecular flexibility index (Phi) is 3.37. The van der Waals surface area contributed by atoms with E-state index in [9.17, 15) is 13.2 Å². The van der Waals surface area contributed by atoms with Crippen LogP contribution in [0.2, 0.25) is 0 Å². The van der Waals surface area contributed by atoms with Gasteiger partial charge in [-0.25, -0.2) is 9.97 Å². The first-order valence-corrected chi connectivity index (χ1v) is 7.49. The lowest BCUT2D eigenvalue weighted by Crippen LogP contribution is -2.12. The predicted octanol–water partition coefficient (Wildman–Crippen LogP) is 2.85. The second-order valence-electron chi connectivity index (χ2n) is 5.63. The minimum absolute atomic E-state index is 0.224. The van der Waals surface area contributed by atoms with E-state index in [0.29, 0.717) is 33.5 Å². The van der Waals surface area contributed by atoms with Crippen LogP contribution in [0.4, 0.5) is 19.0 Å². The number of nitrogens with one attached hydrogen (secondary N) is 1. The van der Waals surface area contributed by atoms with Crippen LogP contribution in [-0.2, 0) is 13.2 Å². The van der Waals surface area contributed by atoms with E-state index in [1.54, 1.807) is 24.4 Å². The van der Waals surface area contributed by atoms with Crippen molar-refractivity contribution in [1.82, 2.24) is 24.7 Å². The Bertz CT molecular complexity index is 1210. The molecule has 0 saturated heterocycles. The van der Waals surface area contributed by atoms with Gasteiger partial charge in [0.1, 0.15) is 11.5 Å². The Morgan fingerprint density at radius 3 is 2.73 bits per heavy atom. The molecule has 0 aliphatic rings. The minimum atomic E-state index is -4.51. The van der Waals surface area contributed by atoms with Crippen LogP contribution in [0, 0.1) is 11.8 Å². The summed E-state index contributed by atoms with van der Waals surface area (Å²) < 4.78 is 39.9. The lowest BCUT2D eigenvalue weighted by Gasteiger charge is -2.05. The van der Waals surface area contributed by atoms with E-state index in [0.717, 1.165) is 4.57 Å². The topological polar surface area (TPSA) is 85.4 Å². The van der Waals surface area contributed by atoms with Crippen LogP contribution >= 0.6 is 0 Å². The number of benzene rings is 1. The van der Waals surface area contributed by atoms with E-state index in [1.165, 1.54) is 13.1 Å². The molecule has 0 spiro atoms. The number of alkyl halides is 3. The maximum absolute atomic E-state index is 13.0. The molecule has 0 amide bonds. The molecule has 4 rings (SSSR count). The van der Waals surface area contributed by atoms with E-state index in [1.807, 2.05) is 0 Å². The molecular formula is C17H11F3N6. The lowest BCUT2D eigenvalue weighted by molar-refractivity contribution is -0.146. The van der Waals surface area contributed by atoms with Crippen LogP contribution in [0.1, 0.15) is 17.1 Å². The molecule has 0 radical (unpaired) electrons. The van der Waals surface area contributed by atoms with Gasteiger partial charge < -0.3 is 10.3 Å². The number of pyridine rings is 1. The second kappa shape index (κ2) is 5.49. The summed E-state index contributed by atoms with van der Waals surface area (Å²) in [7, 11) is 1.33. The fraction of sp³-hybridized carbons (Fsp3) is 0.118. The summed E-state index contributed by atoms with van der Waals surface area (Å²) in [5.41, 5.74) is 8.10. The van der Waals surface area contributed by atoms with E-state index in [2.05, 4.69) is 32.0 Å². The van der Waals surface area contributed by atoms with Crippen molar-refractivity contribution in [3.63, 3.8) is 0 Å². The summed E-state index contributed by atoms with van der Waals surface area (Å²) in [6.45, 7) is 0. The van der Waals surface area contributed by atoms with Crippen molar-refractivity contribution in [2.45, 2.75) is 6.18 Å². The molecular weight excluding hydrogens is 345 g/mol. The Labute approximate surface area is 144 Å². The summed E-state index contributed by atoms with van der Waals surface area (Å²) in [6, 6.07) is 6.41. The average molecular weight is 356 g/mol. The maximum atomic E-state index is 13.0. The van der Waals surface area contributed by atoms with Crippen LogP contribution in [0.15, 0.2) is 30.5 Å². The van der Waals surface area contributed by atoms with Gasteiger partial charge in [-0.3, -0.25) is 5.10 Å². The van der Waals surface area contributed by atoms with Crippen LogP contribution in [0.25, 0.3) is 21.9 Å². The summed E-state index contributed by atoms with van der Waals surface area (Å²) in [5, 5.41) is 7.49. The quantitative estimate of drug-likeness (QED) is 0.475. The summed E-state index contributed by atoms with van der Waals surface area (Å²) in [4.78, 5) is 7.68. The van der Waals surface area contributed by atoms with Crippen molar-refractivity contribution in [1.29, 1.82) is 0 Å². The molecule has 130 valence electrons. The molecule has 0 saturated carbocycles. The Morgan fingerprint density at radius 2 is 1.96 bits per heavy atom. The minimum Gasteiger partial charge on any atom is -0.383 e. The molecule has 26 heavy (non-hydrogen) atoms. The number of aryl methyl sites for hydroxylation is 1. The highest BCUT2D eigenvalue weighted by Gasteiger charge is 2.36. The van der Waals surface area contributed by atoms with Crippen LogP contribution in [0.3, 0.4) is 0 Å². The number of aromatic nitrogens is 5. The predicted molar refractivity (Wildman–Crippen MR) is 90.0 cm³/mol. The zero-order valence-electron chi connectivity index (χ0n) is 13.4. The zero-order valence-corrected chi connectivity index (χ0v) is 13.4. The monoisotopic (exact) mass is 356 g/mol. The molecule has 0 unspecified atom stereocenters. The van der Waals surface area contributed by atoms with Gasteiger partial charge in [-0.1, -0.05) is 5.92 Å². The van der Waals surface area contributed by atoms with Crippen LogP contribution in [-0.4, -0.2) is 24.7 Å². The van der Waals surface area contributed by atoms with Gasteiger partial charge >= 0.3 is 6.18 Å². The molecule has 1 aromatic carbocycles. The number of anilines is 1. The number of nitrogens with zero attached hydrogens (tertiary/aromatic N) is 4. The third-order valence-electron chi connectivity index (χ3n) is 3.96. The number of H-pyrrole nitrogens is 1. The van der Waals surface area contributed by atoms with Gasteiger partial charge in [0.2, 0.25) is 5.82 Å². The van der Waals surface area contributed by atoms with Gasteiger partial charge in [-0.15, -0.1) is 0 Å². The highest BCUT2D eigenvalue weighted by Crippen LogP contribution is 2.30. The Balaban J connectivity index is 1.78. The number of fused-ring (bicyclic) bond motifs is 2. The fourth-order valence-electron chi connectivity index (χ4n) is 2.74. The van der Waals surface area contributed by atoms with Crippen LogP contribution in [0.5, 0.6) is 0 Å². The number of imidazole rings is 1. The molecule has 0 aliphatic carbocycles. The number of aromatic amines is 1.